The van der Waals surface area contributed by atoms with Crippen molar-refractivity contribution < 1.29 is 31.1 Å². The number of thioether (sulfide) groups is 1. The number of halogens is 3. The molecule has 2 N–H and O–H groups in total. The summed E-state index contributed by atoms with van der Waals surface area (Å²) < 4.78 is 67.8. The quantitative estimate of drug-likeness (QED) is 0.761. The fraction of sp³-hybridized carbons (Fsp3) is 0.235. The molecule has 0 saturated carbocycles. The molecule has 2 aromatic rings. The first-order valence-corrected chi connectivity index (χ1v) is 10.5. The van der Waals surface area contributed by atoms with E-state index in [1.165, 1.54) is 23.9 Å². The molecule has 1 aliphatic heterocycles. The largest absolute Gasteiger partial charge is 0.573 e. The molecule has 0 spiro atoms. The van der Waals surface area contributed by atoms with Crippen LogP contribution in [0.2, 0.25) is 0 Å². The van der Waals surface area contributed by atoms with Crippen LogP contribution in [-0.2, 0) is 14.8 Å². The lowest BCUT2D eigenvalue weighted by atomic mass is 10.2. The first-order valence-electron chi connectivity index (χ1n) is 8.00. The van der Waals surface area contributed by atoms with E-state index in [1.54, 1.807) is 13.0 Å². The second-order valence-electron chi connectivity index (χ2n) is 6.04. The van der Waals surface area contributed by atoms with E-state index in [0.717, 1.165) is 29.2 Å². The Kier molecular flexibility index (Phi) is 5.48. The smallest absolute Gasteiger partial charge is 0.406 e. The van der Waals surface area contributed by atoms with Crippen LogP contribution in [0.5, 0.6) is 5.75 Å². The zero-order chi connectivity index (χ0) is 20.5. The molecule has 0 radical (unpaired) electrons. The molecule has 28 heavy (non-hydrogen) atoms. The van der Waals surface area contributed by atoms with Crippen LogP contribution in [0.4, 0.5) is 24.5 Å². The molecule has 0 aliphatic carbocycles. The van der Waals surface area contributed by atoms with Crippen LogP contribution in [0.25, 0.3) is 0 Å². The van der Waals surface area contributed by atoms with E-state index >= 15 is 0 Å². The van der Waals surface area contributed by atoms with Gasteiger partial charge in [0, 0.05) is 22.3 Å². The summed E-state index contributed by atoms with van der Waals surface area (Å²) in [6.45, 7) is 1.78. The van der Waals surface area contributed by atoms with Crippen LogP contribution in [0, 0.1) is 5.92 Å². The second-order valence-corrected chi connectivity index (χ2v) is 8.78. The lowest BCUT2D eigenvalue weighted by molar-refractivity contribution is -0.274. The van der Waals surface area contributed by atoms with Crippen molar-refractivity contribution in [1.82, 2.24) is 0 Å². The maximum Gasteiger partial charge on any atom is 0.573 e. The van der Waals surface area contributed by atoms with Gasteiger partial charge in [0.15, 0.2) is 0 Å². The molecule has 1 aliphatic rings. The number of alkyl halides is 3. The van der Waals surface area contributed by atoms with Gasteiger partial charge in [0.1, 0.15) is 5.75 Å². The first-order chi connectivity index (χ1) is 13.0. The van der Waals surface area contributed by atoms with Gasteiger partial charge in [-0.2, -0.15) is 0 Å². The van der Waals surface area contributed by atoms with Gasteiger partial charge in [-0.15, -0.1) is 24.9 Å². The summed E-state index contributed by atoms with van der Waals surface area (Å²) in [5.74, 6) is -0.299. The van der Waals surface area contributed by atoms with Crippen LogP contribution in [0.3, 0.4) is 0 Å². The molecular weight excluding hydrogens is 417 g/mol. The van der Waals surface area contributed by atoms with Crippen LogP contribution >= 0.6 is 11.8 Å². The van der Waals surface area contributed by atoms with Crippen LogP contribution < -0.4 is 14.8 Å². The van der Waals surface area contributed by atoms with E-state index in [0.29, 0.717) is 11.4 Å². The predicted octanol–water partition coefficient (Wildman–Crippen LogP) is 4.07. The van der Waals surface area contributed by atoms with E-state index < -0.39 is 22.1 Å². The van der Waals surface area contributed by atoms with Gasteiger partial charge in [-0.3, -0.25) is 9.52 Å². The van der Waals surface area contributed by atoms with Crippen molar-refractivity contribution in [2.75, 3.05) is 15.8 Å². The number of rotatable bonds is 4. The SMILES string of the molecule is CC1CSc2ccc(S(=O)(=O)Nc3ccc(OC(F)(F)F)cc3)cc2NC1=O. The molecule has 1 amide bonds. The van der Waals surface area contributed by atoms with Crippen molar-refractivity contribution >= 4 is 39.1 Å². The molecular formula is C17H15F3N2O4S2. The first kappa shape index (κ1) is 20.3. The lowest BCUT2D eigenvalue weighted by Gasteiger charge is -2.12. The third kappa shape index (κ3) is 4.90. The topological polar surface area (TPSA) is 84.5 Å². The molecule has 1 atom stereocenters. The molecule has 2 aromatic carbocycles. The number of ether oxygens (including phenoxy) is 1. The van der Waals surface area contributed by atoms with Crippen molar-refractivity contribution in [3.8, 4) is 5.75 Å². The normalized spacial score (nSPS) is 17.3. The number of anilines is 2. The Balaban J connectivity index is 1.80. The number of carbonyl (C=O) groups is 1. The number of benzene rings is 2. The average molecular weight is 432 g/mol. The van der Waals surface area contributed by atoms with E-state index in [1.807, 2.05) is 0 Å². The highest BCUT2D eigenvalue weighted by Gasteiger charge is 2.31. The number of carbonyl (C=O) groups excluding carboxylic acids is 1. The van der Waals surface area contributed by atoms with Crippen LogP contribution in [0.1, 0.15) is 6.92 Å². The van der Waals surface area contributed by atoms with E-state index in [4.69, 9.17) is 0 Å². The van der Waals surface area contributed by atoms with Crippen molar-refractivity contribution in [3.05, 3.63) is 42.5 Å². The number of fused-ring (bicyclic) bond motifs is 1. The third-order valence-electron chi connectivity index (χ3n) is 3.80. The highest BCUT2D eigenvalue weighted by Crippen LogP contribution is 2.34. The van der Waals surface area contributed by atoms with E-state index in [9.17, 15) is 26.4 Å². The summed E-state index contributed by atoms with van der Waals surface area (Å²) in [4.78, 5) is 12.6. The molecule has 0 bridgehead atoms. The van der Waals surface area contributed by atoms with Gasteiger partial charge in [-0.25, -0.2) is 8.42 Å². The van der Waals surface area contributed by atoms with Crippen LogP contribution in [0.15, 0.2) is 52.3 Å². The Morgan fingerprint density at radius 3 is 2.50 bits per heavy atom. The summed E-state index contributed by atoms with van der Waals surface area (Å²) in [5, 5.41) is 2.70. The Hall–Kier alpha value is -2.40. The fourth-order valence-electron chi connectivity index (χ4n) is 2.38. The van der Waals surface area contributed by atoms with Gasteiger partial charge >= 0.3 is 6.36 Å². The monoisotopic (exact) mass is 432 g/mol. The molecule has 3 rings (SSSR count). The standard InChI is InChI=1S/C17H15F3N2O4S2/c1-10-9-27-15-7-6-13(8-14(15)21-16(10)23)28(24,25)22-11-2-4-12(5-3-11)26-17(18,19)20/h2-8,10,22H,9H2,1H3,(H,21,23). The number of nitrogens with one attached hydrogen (secondary N) is 2. The average Bonchev–Trinajstić information content (AvgIpc) is 2.73. The minimum Gasteiger partial charge on any atom is -0.406 e. The maximum atomic E-state index is 12.6. The maximum absolute atomic E-state index is 12.6. The number of sulfonamides is 1. The fourth-order valence-corrected chi connectivity index (χ4v) is 4.48. The molecule has 1 unspecified atom stereocenters. The Labute approximate surface area is 163 Å². The Morgan fingerprint density at radius 1 is 1.18 bits per heavy atom. The van der Waals surface area contributed by atoms with E-state index in [-0.39, 0.29) is 22.4 Å². The number of amides is 1. The molecule has 11 heteroatoms. The van der Waals surface area contributed by atoms with Crippen LogP contribution in [-0.4, -0.2) is 26.4 Å². The number of hydrogen-bond acceptors (Lipinski definition) is 5. The van der Waals surface area contributed by atoms with Crippen molar-refractivity contribution in [2.45, 2.75) is 23.1 Å². The van der Waals surface area contributed by atoms with Gasteiger partial charge < -0.3 is 10.1 Å². The Morgan fingerprint density at radius 2 is 1.86 bits per heavy atom. The molecule has 1 heterocycles. The minimum absolute atomic E-state index is 0.0662. The second kappa shape index (κ2) is 7.55. The van der Waals surface area contributed by atoms with Crippen molar-refractivity contribution in [3.63, 3.8) is 0 Å². The predicted molar refractivity (Wildman–Crippen MR) is 98.9 cm³/mol. The summed E-state index contributed by atoms with van der Waals surface area (Å²) in [6, 6.07) is 8.66. The van der Waals surface area contributed by atoms with Gasteiger partial charge in [-0.1, -0.05) is 6.92 Å². The van der Waals surface area contributed by atoms with Gasteiger partial charge in [-0.05, 0) is 42.5 Å². The highest BCUT2D eigenvalue weighted by molar-refractivity contribution is 7.99. The summed E-state index contributed by atoms with van der Waals surface area (Å²) >= 11 is 1.45. The summed E-state index contributed by atoms with van der Waals surface area (Å²) in [7, 11) is -4.01. The minimum atomic E-state index is -4.83. The third-order valence-corrected chi connectivity index (χ3v) is 6.51. The van der Waals surface area contributed by atoms with Crippen molar-refractivity contribution in [1.29, 1.82) is 0 Å². The zero-order valence-corrected chi connectivity index (χ0v) is 16.0. The number of hydrogen-bond donors (Lipinski definition) is 2. The van der Waals surface area contributed by atoms with Gasteiger partial charge in [0.05, 0.1) is 10.6 Å². The molecule has 0 saturated heterocycles. The summed E-state index contributed by atoms with van der Waals surface area (Å²) in [6.07, 6.45) is -4.83. The van der Waals surface area contributed by atoms with Gasteiger partial charge in [0.2, 0.25) is 5.91 Å². The van der Waals surface area contributed by atoms with Gasteiger partial charge in [0.25, 0.3) is 10.0 Å². The zero-order valence-electron chi connectivity index (χ0n) is 14.4. The molecule has 6 nitrogen and oxygen atoms in total. The lowest BCUT2D eigenvalue weighted by Crippen LogP contribution is -2.20. The summed E-state index contributed by atoms with van der Waals surface area (Å²) in [5.41, 5.74) is 0.465. The highest BCUT2D eigenvalue weighted by atomic mass is 32.2. The molecule has 0 aromatic heterocycles. The van der Waals surface area contributed by atoms with E-state index in [2.05, 4.69) is 14.8 Å². The molecule has 150 valence electrons. The molecule has 0 fully saturated rings. The Bertz CT molecular complexity index is 992. The van der Waals surface area contributed by atoms with Crippen molar-refractivity contribution in [2.24, 2.45) is 5.92 Å².